The van der Waals surface area contributed by atoms with Crippen molar-refractivity contribution in [2.45, 2.75) is 38.6 Å². The van der Waals surface area contributed by atoms with E-state index in [1.165, 1.54) is 45.3 Å². The Morgan fingerprint density at radius 1 is 1.21 bits per heavy atom. The quantitative estimate of drug-likeness (QED) is 0.739. The zero-order valence-electron chi connectivity index (χ0n) is 9.63. The molecule has 14 heavy (non-hydrogen) atoms. The largest absolute Gasteiger partial charge is 0.316 e. The molecule has 0 radical (unpaired) electrons. The van der Waals surface area contributed by atoms with Gasteiger partial charge in [-0.3, -0.25) is 0 Å². The van der Waals surface area contributed by atoms with E-state index in [2.05, 4.69) is 24.2 Å². The highest BCUT2D eigenvalue weighted by atomic mass is 15.2. The van der Waals surface area contributed by atoms with Gasteiger partial charge in [0, 0.05) is 25.7 Å². The lowest BCUT2D eigenvalue weighted by molar-refractivity contribution is 0.291. The summed E-state index contributed by atoms with van der Waals surface area (Å²) in [4.78, 5) is 2.67. The van der Waals surface area contributed by atoms with Crippen LogP contribution in [0.15, 0.2) is 0 Å². The molecule has 1 aliphatic heterocycles. The van der Waals surface area contributed by atoms with Crippen molar-refractivity contribution in [2.75, 3.05) is 26.7 Å². The number of nitrogens with zero attached hydrogens (tertiary/aromatic N) is 1. The average Bonchev–Trinajstić information content (AvgIpc) is 2.59. The molecule has 0 bridgehead atoms. The van der Waals surface area contributed by atoms with Crippen molar-refractivity contribution >= 4 is 0 Å². The van der Waals surface area contributed by atoms with Crippen LogP contribution in [0.2, 0.25) is 0 Å². The standard InChI is InChI=1S/C12H24N2/c1-10(13-2)7-14-8-11-5-3-4-6-12(11)9-14/h10-13H,3-9H2,1-2H3/t10-,11?,12?/m0/s1. The Balaban J connectivity index is 1.80. The van der Waals surface area contributed by atoms with Crippen LogP contribution in [0.3, 0.4) is 0 Å². The minimum Gasteiger partial charge on any atom is -0.316 e. The van der Waals surface area contributed by atoms with Gasteiger partial charge in [0.2, 0.25) is 0 Å². The zero-order valence-corrected chi connectivity index (χ0v) is 9.63. The molecule has 0 aromatic heterocycles. The highest BCUT2D eigenvalue weighted by Crippen LogP contribution is 2.35. The minimum atomic E-state index is 0.648. The molecule has 0 amide bonds. The third-order valence-electron chi connectivity index (χ3n) is 4.08. The second kappa shape index (κ2) is 4.63. The van der Waals surface area contributed by atoms with Gasteiger partial charge in [-0.15, -0.1) is 0 Å². The second-order valence-electron chi connectivity index (χ2n) is 5.21. The van der Waals surface area contributed by atoms with Gasteiger partial charge in [-0.05, 0) is 38.6 Å². The van der Waals surface area contributed by atoms with Gasteiger partial charge in [-0.25, -0.2) is 0 Å². The van der Waals surface area contributed by atoms with Crippen LogP contribution in [0.4, 0.5) is 0 Å². The lowest BCUT2D eigenvalue weighted by Gasteiger charge is -2.23. The summed E-state index contributed by atoms with van der Waals surface area (Å²) in [6.45, 7) is 6.26. The van der Waals surface area contributed by atoms with Crippen LogP contribution >= 0.6 is 0 Å². The first-order valence-electron chi connectivity index (χ1n) is 6.19. The fraction of sp³-hybridized carbons (Fsp3) is 1.00. The lowest BCUT2D eigenvalue weighted by Crippen LogP contribution is -2.36. The van der Waals surface area contributed by atoms with Crippen LogP contribution in [0.1, 0.15) is 32.6 Å². The van der Waals surface area contributed by atoms with E-state index in [0.717, 1.165) is 11.8 Å². The first-order valence-corrected chi connectivity index (χ1v) is 6.19. The van der Waals surface area contributed by atoms with Crippen LogP contribution < -0.4 is 5.32 Å². The predicted molar refractivity (Wildman–Crippen MR) is 60.4 cm³/mol. The number of fused-ring (bicyclic) bond motifs is 1. The Bertz CT molecular complexity index is 167. The molecule has 1 aliphatic carbocycles. The van der Waals surface area contributed by atoms with Crippen molar-refractivity contribution in [1.29, 1.82) is 0 Å². The maximum Gasteiger partial charge on any atom is 0.0163 e. The lowest BCUT2D eigenvalue weighted by atomic mass is 9.82. The van der Waals surface area contributed by atoms with Crippen molar-refractivity contribution in [1.82, 2.24) is 10.2 Å². The van der Waals surface area contributed by atoms with Gasteiger partial charge >= 0.3 is 0 Å². The van der Waals surface area contributed by atoms with E-state index in [4.69, 9.17) is 0 Å². The van der Waals surface area contributed by atoms with Gasteiger partial charge < -0.3 is 10.2 Å². The van der Waals surface area contributed by atoms with Crippen molar-refractivity contribution in [3.8, 4) is 0 Å². The summed E-state index contributed by atoms with van der Waals surface area (Å²) in [5.41, 5.74) is 0. The first-order chi connectivity index (χ1) is 6.79. The number of likely N-dealkylation sites (N-methyl/N-ethyl adjacent to an activating group) is 1. The van der Waals surface area contributed by atoms with Gasteiger partial charge in [-0.2, -0.15) is 0 Å². The highest BCUT2D eigenvalue weighted by molar-refractivity contribution is 4.87. The number of rotatable bonds is 3. The maximum absolute atomic E-state index is 3.33. The zero-order chi connectivity index (χ0) is 9.97. The third-order valence-corrected chi connectivity index (χ3v) is 4.08. The molecule has 1 N–H and O–H groups in total. The van der Waals surface area contributed by atoms with Gasteiger partial charge in [0.1, 0.15) is 0 Å². The smallest absolute Gasteiger partial charge is 0.0163 e. The van der Waals surface area contributed by atoms with E-state index in [1.54, 1.807) is 0 Å². The molecule has 0 spiro atoms. The molecule has 2 aliphatic rings. The third kappa shape index (κ3) is 2.29. The number of hydrogen-bond donors (Lipinski definition) is 1. The molecule has 2 rings (SSSR count). The van der Waals surface area contributed by atoms with Gasteiger partial charge in [0.25, 0.3) is 0 Å². The molecule has 1 saturated heterocycles. The summed E-state index contributed by atoms with van der Waals surface area (Å²) >= 11 is 0. The topological polar surface area (TPSA) is 15.3 Å². The summed E-state index contributed by atoms with van der Waals surface area (Å²) in [6.07, 6.45) is 5.96. The van der Waals surface area contributed by atoms with Crippen LogP contribution in [-0.4, -0.2) is 37.6 Å². The monoisotopic (exact) mass is 196 g/mol. The van der Waals surface area contributed by atoms with Gasteiger partial charge in [0.15, 0.2) is 0 Å². The summed E-state index contributed by atoms with van der Waals surface area (Å²) in [5, 5.41) is 3.33. The fourth-order valence-electron chi connectivity index (χ4n) is 3.13. The van der Waals surface area contributed by atoms with Crippen LogP contribution in [0, 0.1) is 11.8 Å². The fourth-order valence-corrected chi connectivity index (χ4v) is 3.13. The van der Waals surface area contributed by atoms with Gasteiger partial charge in [0.05, 0.1) is 0 Å². The van der Waals surface area contributed by atoms with E-state index in [9.17, 15) is 0 Å². The summed E-state index contributed by atoms with van der Waals surface area (Å²) in [7, 11) is 2.06. The SMILES string of the molecule is CN[C@@H](C)CN1CC2CCCCC2C1. The van der Waals surface area contributed by atoms with E-state index in [1.807, 2.05) is 0 Å². The Morgan fingerprint density at radius 3 is 2.29 bits per heavy atom. The molecule has 82 valence electrons. The highest BCUT2D eigenvalue weighted by Gasteiger charge is 2.34. The molecule has 2 unspecified atom stereocenters. The number of hydrogen-bond acceptors (Lipinski definition) is 2. The van der Waals surface area contributed by atoms with Crippen molar-refractivity contribution in [2.24, 2.45) is 11.8 Å². The molecule has 1 saturated carbocycles. The van der Waals surface area contributed by atoms with Gasteiger partial charge in [-0.1, -0.05) is 12.8 Å². The molecule has 3 atom stereocenters. The Hall–Kier alpha value is -0.0800. The number of likely N-dealkylation sites (tertiary alicyclic amines) is 1. The normalized spacial score (nSPS) is 35.6. The molecule has 2 fully saturated rings. The van der Waals surface area contributed by atoms with Crippen molar-refractivity contribution in [3.63, 3.8) is 0 Å². The summed E-state index contributed by atoms with van der Waals surface area (Å²) in [5.74, 6) is 2.07. The molecule has 0 aromatic carbocycles. The molecule has 2 heteroatoms. The van der Waals surface area contributed by atoms with E-state index in [0.29, 0.717) is 6.04 Å². The van der Waals surface area contributed by atoms with E-state index >= 15 is 0 Å². The molecule has 0 aromatic rings. The Kier molecular flexibility index (Phi) is 3.45. The first kappa shape index (κ1) is 10.4. The molecule has 1 heterocycles. The summed E-state index contributed by atoms with van der Waals surface area (Å²) in [6, 6.07) is 0.648. The van der Waals surface area contributed by atoms with Crippen LogP contribution in [0.5, 0.6) is 0 Å². The molecule has 2 nitrogen and oxygen atoms in total. The molecular formula is C12H24N2. The Morgan fingerprint density at radius 2 is 1.79 bits per heavy atom. The summed E-state index contributed by atoms with van der Waals surface area (Å²) < 4.78 is 0. The van der Waals surface area contributed by atoms with Crippen LogP contribution in [-0.2, 0) is 0 Å². The Labute approximate surface area is 88.1 Å². The number of nitrogens with one attached hydrogen (secondary N) is 1. The minimum absolute atomic E-state index is 0.648. The predicted octanol–water partition coefficient (Wildman–Crippen LogP) is 1.72. The van der Waals surface area contributed by atoms with E-state index < -0.39 is 0 Å². The maximum atomic E-state index is 3.33. The molecular weight excluding hydrogens is 172 g/mol. The van der Waals surface area contributed by atoms with Crippen LogP contribution in [0.25, 0.3) is 0 Å². The second-order valence-corrected chi connectivity index (χ2v) is 5.21. The van der Waals surface area contributed by atoms with Crippen molar-refractivity contribution in [3.05, 3.63) is 0 Å². The van der Waals surface area contributed by atoms with E-state index in [-0.39, 0.29) is 0 Å². The van der Waals surface area contributed by atoms with Crippen molar-refractivity contribution < 1.29 is 0 Å². The average molecular weight is 196 g/mol.